The summed E-state index contributed by atoms with van der Waals surface area (Å²) < 4.78 is 32.1. The zero-order chi connectivity index (χ0) is 21.1. The average Bonchev–Trinajstić information content (AvgIpc) is 2.66. The highest BCUT2D eigenvalue weighted by atomic mass is 32.2. The fourth-order valence-electron chi connectivity index (χ4n) is 3.19. The molecule has 1 atom stereocenters. The van der Waals surface area contributed by atoms with E-state index in [2.05, 4.69) is 10.1 Å². The normalized spacial score (nSPS) is 17.4. The predicted octanol–water partition coefficient (Wildman–Crippen LogP) is 2.34. The highest BCUT2D eigenvalue weighted by Crippen LogP contribution is 2.26. The lowest BCUT2D eigenvalue weighted by molar-refractivity contribution is -0.127. The summed E-state index contributed by atoms with van der Waals surface area (Å²) in [5, 5.41) is 3.02. The highest BCUT2D eigenvalue weighted by molar-refractivity contribution is 7.89. The van der Waals surface area contributed by atoms with E-state index in [1.54, 1.807) is 6.92 Å². The Balaban J connectivity index is 2.07. The van der Waals surface area contributed by atoms with Crippen molar-refractivity contribution in [3.05, 3.63) is 29.3 Å². The lowest BCUT2D eigenvalue weighted by atomic mass is 9.96. The molecule has 0 bridgehead atoms. The molecular weight excluding hydrogens is 380 g/mol. The standard InChI is InChI=1S/C20H30N2O5S/c1-13(2)15(4)21-19(23)16-8-10-22(11-9-16)28(25,26)18-7-6-17(12-14(18)3)20(24)27-5/h6-7,12-13,15-16H,8-11H2,1-5H3,(H,21,23). The Bertz CT molecular complexity index is 827. The summed E-state index contributed by atoms with van der Waals surface area (Å²) in [7, 11) is -2.40. The molecule has 1 saturated heterocycles. The number of nitrogens with one attached hydrogen (secondary N) is 1. The van der Waals surface area contributed by atoms with E-state index < -0.39 is 16.0 Å². The van der Waals surface area contributed by atoms with Crippen LogP contribution >= 0.6 is 0 Å². The monoisotopic (exact) mass is 410 g/mol. The summed E-state index contributed by atoms with van der Waals surface area (Å²) in [6, 6.07) is 4.51. The first-order chi connectivity index (χ1) is 13.1. The van der Waals surface area contributed by atoms with Crippen molar-refractivity contribution in [3.8, 4) is 0 Å². The van der Waals surface area contributed by atoms with Crippen LogP contribution in [0, 0.1) is 18.8 Å². The van der Waals surface area contributed by atoms with Gasteiger partial charge in [-0.3, -0.25) is 4.79 Å². The fourth-order valence-corrected chi connectivity index (χ4v) is 4.87. The number of ether oxygens (including phenoxy) is 1. The van der Waals surface area contributed by atoms with Gasteiger partial charge in [0.1, 0.15) is 0 Å². The van der Waals surface area contributed by atoms with Crippen molar-refractivity contribution in [3.63, 3.8) is 0 Å². The molecule has 0 aromatic heterocycles. The van der Waals surface area contributed by atoms with Crippen LogP contribution in [0.1, 0.15) is 49.5 Å². The third-order valence-corrected chi connectivity index (χ3v) is 7.47. The number of benzene rings is 1. The number of rotatable bonds is 6. The molecule has 0 spiro atoms. The molecule has 1 aliphatic heterocycles. The van der Waals surface area contributed by atoms with E-state index in [1.807, 2.05) is 20.8 Å². The van der Waals surface area contributed by atoms with Gasteiger partial charge >= 0.3 is 5.97 Å². The van der Waals surface area contributed by atoms with Crippen molar-refractivity contribution in [2.45, 2.75) is 51.5 Å². The summed E-state index contributed by atoms with van der Waals surface area (Å²) in [6.07, 6.45) is 0.990. The van der Waals surface area contributed by atoms with Crippen molar-refractivity contribution < 1.29 is 22.7 Å². The summed E-state index contributed by atoms with van der Waals surface area (Å²) >= 11 is 0. The first-order valence-electron chi connectivity index (χ1n) is 9.57. The third kappa shape index (κ3) is 4.91. The Hall–Kier alpha value is -1.93. The van der Waals surface area contributed by atoms with Crippen molar-refractivity contribution >= 4 is 21.9 Å². The van der Waals surface area contributed by atoms with Gasteiger partial charge in [-0.05, 0) is 56.4 Å². The molecule has 1 unspecified atom stereocenters. The van der Waals surface area contributed by atoms with E-state index in [9.17, 15) is 18.0 Å². The molecule has 0 saturated carbocycles. The zero-order valence-electron chi connectivity index (χ0n) is 17.2. The largest absolute Gasteiger partial charge is 0.465 e. The van der Waals surface area contributed by atoms with Crippen LogP contribution in [0.4, 0.5) is 0 Å². The maximum Gasteiger partial charge on any atom is 0.337 e. The van der Waals surface area contributed by atoms with Gasteiger partial charge < -0.3 is 10.1 Å². The van der Waals surface area contributed by atoms with E-state index in [-0.39, 0.29) is 22.8 Å². The minimum absolute atomic E-state index is 0.00291. The summed E-state index contributed by atoms with van der Waals surface area (Å²) in [5.41, 5.74) is 0.808. The van der Waals surface area contributed by atoms with E-state index in [0.29, 0.717) is 43.0 Å². The topological polar surface area (TPSA) is 92.8 Å². The van der Waals surface area contributed by atoms with Crippen LogP contribution in [0.15, 0.2) is 23.1 Å². The first kappa shape index (κ1) is 22.4. The van der Waals surface area contributed by atoms with Crippen molar-refractivity contribution in [2.24, 2.45) is 11.8 Å². The second-order valence-corrected chi connectivity index (χ2v) is 9.60. The van der Waals surface area contributed by atoms with Crippen LogP contribution in [0.25, 0.3) is 0 Å². The van der Waals surface area contributed by atoms with Crippen LogP contribution in [-0.2, 0) is 19.6 Å². The van der Waals surface area contributed by atoms with E-state index in [1.165, 1.54) is 29.6 Å². The molecule has 0 radical (unpaired) electrons. The predicted molar refractivity (Wildman–Crippen MR) is 106 cm³/mol. The van der Waals surface area contributed by atoms with Gasteiger partial charge in [-0.25, -0.2) is 13.2 Å². The van der Waals surface area contributed by atoms with Gasteiger partial charge in [-0.1, -0.05) is 13.8 Å². The minimum Gasteiger partial charge on any atom is -0.465 e. The first-order valence-corrected chi connectivity index (χ1v) is 11.0. The molecule has 1 N–H and O–H groups in total. The SMILES string of the molecule is COC(=O)c1ccc(S(=O)(=O)N2CCC(C(=O)NC(C)C(C)C)CC2)c(C)c1. The van der Waals surface area contributed by atoms with Crippen LogP contribution in [0.3, 0.4) is 0 Å². The van der Waals surface area contributed by atoms with Crippen molar-refractivity contribution in [1.29, 1.82) is 0 Å². The number of aryl methyl sites for hydroxylation is 1. The van der Waals surface area contributed by atoms with Gasteiger partial charge in [-0.2, -0.15) is 4.31 Å². The highest BCUT2D eigenvalue weighted by Gasteiger charge is 2.33. The molecule has 1 aliphatic rings. The molecule has 1 amide bonds. The number of esters is 1. The van der Waals surface area contributed by atoms with Crippen LogP contribution in [0.5, 0.6) is 0 Å². The third-order valence-electron chi connectivity index (χ3n) is 5.41. The number of nitrogens with zero attached hydrogens (tertiary/aromatic N) is 1. The smallest absolute Gasteiger partial charge is 0.337 e. The number of carbonyl (C=O) groups is 2. The molecular formula is C20H30N2O5S. The zero-order valence-corrected chi connectivity index (χ0v) is 18.0. The van der Waals surface area contributed by atoms with E-state index >= 15 is 0 Å². The van der Waals surface area contributed by atoms with Gasteiger partial charge in [0.25, 0.3) is 0 Å². The molecule has 2 rings (SSSR count). The Morgan fingerprint density at radius 1 is 1.18 bits per heavy atom. The van der Waals surface area contributed by atoms with Gasteiger partial charge in [-0.15, -0.1) is 0 Å². The quantitative estimate of drug-likeness (QED) is 0.727. The van der Waals surface area contributed by atoms with Crippen molar-refractivity contribution in [2.75, 3.05) is 20.2 Å². The Kier molecular flexibility index (Phi) is 7.22. The summed E-state index contributed by atoms with van der Waals surface area (Å²) in [4.78, 5) is 24.2. The number of sulfonamides is 1. The number of hydrogen-bond acceptors (Lipinski definition) is 5. The lowest BCUT2D eigenvalue weighted by Crippen LogP contribution is -2.45. The molecule has 0 aliphatic carbocycles. The number of amides is 1. The van der Waals surface area contributed by atoms with E-state index in [4.69, 9.17) is 0 Å². The number of hydrogen-bond donors (Lipinski definition) is 1. The number of methoxy groups -OCH3 is 1. The maximum absolute atomic E-state index is 13.0. The molecule has 1 heterocycles. The minimum atomic E-state index is -3.68. The summed E-state index contributed by atoms with van der Waals surface area (Å²) in [5.74, 6) is -0.331. The molecule has 7 nitrogen and oxygen atoms in total. The van der Waals surface area contributed by atoms with Gasteiger partial charge in [0, 0.05) is 25.0 Å². The van der Waals surface area contributed by atoms with Gasteiger partial charge in [0.05, 0.1) is 17.6 Å². The van der Waals surface area contributed by atoms with Crippen molar-refractivity contribution in [1.82, 2.24) is 9.62 Å². The second-order valence-electron chi connectivity index (χ2n) is 7.69. The second kappa shape index (κ2) is 9.05. The van der Waals surface area contributed by atoms with Gasteiger partial charge in [0.15, 0.2) is 0 Å². The molecule has 28 heavy (non-hydrogen) atoms. The lowest BCUT2D eigenvalue weighted by Gasteiger charge is -2.32. The summed E-state index contributed by atoms with van der Waals surface area (Å²) in [6.45, 7) is 8.33. The van der Waals surface area contributed by atoms with Crippen LogP contribution in [0.2, 0.25) is 0 Å². The van der Waals surface area contributed by atoms with Crippen LogP contribution in [-0.4, -0.2) is 50.8 Å². The molecule has 1 aromatic carbocycles. The number of carbonyl (C=O) groups excluding carboxylic acids is 2. The van der Waals surface area contributed by atoms with Gasteiger partial charge in [0.2, 0.25) is 15.9 Å². The van der Waals surface area contributed by atoms with E-state index in [0.717, 1.165) is 0 Å². The molecule has 1 aromatic rings. The molecule has 8 heteroatoms. The Labute approximate surface area is 167 Å². The maximum atomic E-state index is 13.0. The fraction of sp³-hybridized carbons (Fsp3) is 0.600. The van der Waals surface area contributed by atoms with Crippen LogP contribution < -0.4 is 5.32 Å². The Morgan fingerprint density at radius 3 is 2.29 bits per heavy atom. The Morgan fingerprint density at radius 2 is 1.79 bits per heavy atom. The molecule has 156 valence electrons. The molecule has 1 fully saturated rings. The average molecular weight is 411 g/mol. The number of piperidine rings is 1.